The zero-order valence-electron chi connectivity index (χ0n) is 11.4. The maximum absolute atomic E-state index is 11.1. The molecule has 4 aliphatic rings. The van der Waals surface area contributed by atoms with Crippen LogP contribution in [0, 0.1) is 17.8 Å². The van der Waals surface area contributed by atoms with Crippen LogP contribution in [-0.2, 0) is 5.41 Å². The van der Waals surface area contributed by atoms with E-state index in [1.165, 1.54) is 44.1 Å². The summed E-state index contributed by atoms with van der Waals surface area (Å²) in [5.41, 5.74) is 1.73. The van der Waals surface area contributed by atoms with Gasteiger partial charge in [-0.1, -0.05) is 11.6 Å². The molecule has 4 saturated carbocycles. The van der Waals surface area contributed by atoms with Gasteiger partial charge in [-0.15, -0.1) is 0 Å². The molecule has 4 fully saturated rings. The lowest BCUT2D eigenvalue weighted by Crippen LogP contribution is -2.48. The van der Waals surface area contributed by atoms with Crippen molar-refractivity contribution in [2.24, 2.45) is 17.8 Å². The Morgan fingerprint density at radius 2 is 1.65 bits per heavy atom. The summed E-state index contributed by atoms with van der Waals surface area (Å²) in [7, 11) is 0. The fourth-order valence-corrected chi connectivity index (χ4v) is 5.71. The first-order valence-electron chi connectivity index (χ1n) is 7.58. The van der Waals surface area contributed by atoms with Crippen molar-refractivity contribution in [3.63, 3.8) is 0 Å². The van der Waals surface area contributed by atoms with Crippen LogP contribution in [0.2, 0.25) is 5.02 Å². The molecule has 4 aliphatic carbocycles. The summed E-state index contributed by atoms with van der Waals surface area (Å²) >= 11 is 6.13. The summed E-state index contributed by atoms with van der Waals surface area (Å²) in [6, 6.07) is 3.78. The molecule has 0 aromatic heterocycles. The summed E-state index contributed by atoms with van der Waals surface area (Å²) in [5, 5.41) is 10.2. The summed E-state index contributed by atoms with van der Waals surface area (Å²) < 4.78 is 0. The Labute approximate surface area is 124 Å². The normalized spacial score (nSPS) is 38.1. The van der Waals surface area contributed by atoms with Gasteiger partial charge in [0.15, 0.2) is 6.29 Å². The van der Waals surface area contributed by atoms with E-state index in [2.05, 4.69) is 0 Å². The van der Waals surface area contributed by atoms with Gasteiger partial charge in [-0.3, -0.25) is 4.79 Å². The highest BCUT2D eigenvalue weighted by Crippen LogP contribution is 2.61. The van der Waals surface area contributed by atoms with E-state index < -0.39 is 0 Å². The molecular weight excluding hydrogens is 272 g/mol. The van der Waals surface area contributed by atoms with E-state index in [0.29, 0.717) is 16.9 Å². The van der Waals surface area contributed by atoms with Gasteiger partial charge in [0.05, 0.1) is 10.6 Å². The second-order valence-electron chi connectivity index (χ2n) is 7.21. The van der Waals surface area contributed by atoms with E-state index >= 15 is 0 Å². The fourth-order valence-electron chi connectivity index (χ4n) is 5.48. The molecule has 0 radical (unpaired) electrons. The predicted molar refractivity (Wildman–Crippen MR) is 78.4 cm³/mol. The van der Waals surface area contributed by atoms with Gasteiger partial charge < -0.3 is 5.11 Å². The molecule has 0 heterocycles. The third kappa shape index (κ3) is 1.74. The van der Waals surface area contributed by atoms with Crippen molar-refractivity contribution in [2.45, 2.75) is 43.9 Å². The number of aldehydes is 1. The number of aromatic hydroxyl groups is 1. The van der Waals surface area contributed by atoms with Gasteiger partial charge in [-0.2, -0.15) is 0 Å². The van der Waals surface area contributed by atoms with Gasteiger partial charge in [0, 0.05) is 0 Å². The highest BCUT2D eigenvalue weighted by Gasteiger charge is 2.51. The molecule has 1 N–H and O–H groups in total. The number of rotatable bonds is 2. The molecule has 0 saturated heterocycles. The van der Waals surface area contributed by atoms with Crippen molar-refractivity contribution in [3.8, 4) is 5.75 Å². The van der Waals surface area contributed by atoms with Crippen molar-refractivity contribution < 1.29 is 9.90 Å². The zero-order chi connectivity index (χ0) is 13.9. The number of phenolic OH excluding ortho intramolecular Hbond substituents is 1. The predicted octanol–water partition coefficient (Wildman–Crippen LogP) is 4.33. The molecule has 3 heteroatoms. The second kappa shape index (κ2) is 4.24. The molecule has 1 aromatic carbocycles. The Bertz CT molecular complexity index is 543. The third-order valence-corrected chi connectivity index (χ3v) is 6.16. The van der Waals surface area contributed by atoms with Gasteiger partial charge in [-0.05, 0) is 79.4 Å². The molecule has 106 valence electrons. The van der Waals surface area contributed by atoms with Crippen LogP contribution in [0.15, 0.2) is 12.1 Å². The SMILES string of the molecule is O=Cc1cc(C23CC4CC(CC(C4)C2)C3)cc(Cl)c1O. The first-order valence-corrected chi connectivity index (χ1v) is 7.95. The van der Waals surface area contributed by atoms with Crippen molar-refractivity contribution in [3.05, 3.63) is 28.3 Å². The second-order valence-corrected chi connectivity index (χ2v) is 7.62. The topological polar surface area (TPSA) is 37.3 Å². The van der Waals surface area contributed by atoms with Crippen LogP contribution < -0.4 is 0 Å². The maximum Gasteiger partial charge on any atom is 0.153 e. The molecule has 4 bridgehead atoms. The van der Waals surface area contributed by atoms with Crippen molar-refractivity contribution in [1.82, 2.24) is 0 Å². The Hall–Kier alpha value is -1.02. The summed E-state index contributed by atoms with van der Waals surface area (Å²) in [6.07, 6.45) is 8.60. The molecule has 0 spiro atoms. The van der Waals surface area contributed by atoms with E-state index in [4.69, 9.17) is 11.6 Å². The first-order chi connectivity index (χ1) is 9.59. The highest BCUT2D eigenvalue weighted by atomic mass is 35.5. The lowest BCUT2D eigenvalue weighted by Gasteiger charge is -2.57. The lowest BCUT2D eigenvalue weighted by atomic mass is 9.48. The number of benzene rings is 1. The number of halogens is 1. The van der Waals surface area contributed by atoms with Gasteiger partial charge in [0.1, 0.15) is 5.75 Å². The van der Waals surface area contributed by atoms with E-state index in [1.54, 1.807) is 0 Å². The minimum Gasteiger partial charge on any atom is -0.506 e. The van der Waals surface area contributed by atoms with E-state index in [9.17, 15) is 9.90 Å². The molecule has 20 heavy (non-hydrogen) atoms. The Kier molecular flexibility index (Phi) is 2.69. The molecule has 0 amide bonds. The average molecular weight is 291 g/mol. The van der Waals surface area contributed by atoms with E-state index in [-0.39, 0.29) is 11.2 Å². The number of carbonyl (C=O) groups is 1. The van der Waals surface area contributed by atoms with Crippen LogP contribution in [0.4, 0.5) is 0 Å². The van der Waals surface area contributed by atoms with Crippen LogP contribution >= 0.6 is 11.6 Å². The molecule has 2 nitrogen and oxygen atoms in total. The molecule has 0 aliphatic heterocycles. The molecular formula is C17H19ClO2. The van der Waals surface area contributed by atoms with Crippen LogP contribution in [0.1, 0.15) is 54.4 Å². The Morgan fingerprint density at radius 1 is 1.10 bits per heavy atom. The minimum absolute atomic E-state index is 0.0739. The van der Waals surface area contributed by atoms with Crippen LogP contribution in [0.5, 0.6) is 5.75 Å². The summed E-state index contributed by atoms with van der Waals surface area (Å²) in [4.78, 5) is 11.1. The van der Waals surface area contributed by atoms with Crippen LogP contribution in [0.3, 0.4) is 0 Å². The zero-order valence-corrected chi connectivity index (χ0v) is 12.2. The van der Waals surface area contributed by atoms with Gasteiger partial charge >= 0.3 is 0 Å². The number of hydrogen-bond donors (Lipinski definition) is 1. The highest BCUT2D eigenvalue weighted by molar-refractivity contribution is 6.32. The van der Waals surface area contributed by atoms with E-state index in [0.717, 1.165) is 17.8 Å². The number of carbonyl (C=O) groups excluding carboxylic acids is 1. The van der Waals surface area contributed by atoms with Crippen molar-refractivity contribution >= 4 is 17.9 Å². The van der Waals surface area contributed by atoms with Gasteiger partial charge in [0.2, 0.25) is 0 Å². The van der Waals surface area contributed by atoms with Crippen LogP contribution in [-0.4, -0.2) is 11.4 Å². The van der Waals surface area contributed by atoms with Crippen LogP contribution in [0.25, 0.3) is 0 Å². The molecule has 0 atom stereocenters. The standard InChI is InChI=1S/C17H19ClO2/c18-15-5-14(4-13(9-19)16(15)20)17-6-10-1-11(7-17)3-12(2-10)8-17/h4-5,9-12,20H,1-3,6-8H2. The number of phenols is 1. The van der Waals surface area contributed by atoms with Crippen molar-refractivity contribution in [2.75, 3.05) is 0 Å². The average Bonchev–Trinajstić information content (AvgIpc) is 2.40. The van der Waals surface area contributed by atoms with Crippen molar-refractivity contribution in [1.29, 1.82) is 0 Å². The summed E-state index contributed by atoms with van der Waals surface area (Å²) in [5.74, 6) is 2.49. The smallest absolute Gasteiger partial charge is 0.153 e. The maximum atomic E-state index is 11.1. The summed E-state index contributed by atoms with van der Waals surface area (Å²) in [6.45, 7) is 0. The molecule has 0 unspecified atom stereocenters. The van der Waals surface area contributed by atoms with E-state index in [1.807, 2.05) is 12.1 Å². The third-order valence-electron chi connectivity index (χ3n) is 5.87. The first kappa shape index (κ1) is 12.7. The molecule has 1 aromatic rings. The Morgan fingerprint density at radius 3 is 2.15 bits per heavy atom. The monoisotopic (exact) mass is 290 g/mol. The minimum atomic E-state index is -0.0739. The fraction of sp³-hybridized carbons (Fsp3) is 0.588. The number of hydrogen-bond acceptors (Lipinski definition) is 2. The Balaban J connectivity index is 1.81. The van der Waals surface area contributed by atoms with Gasteiger partial charge in [-0.25, -0.2) is 0 Å². The molecule has 5 rings (SSSR count). The lowest BCUT2D eigenvalue weighted by molar-refractivity contribution is -0.00521. The van der Waals surface area contributed by atoms with Gasteiger partial charge in [0.25, 0.3) is 0 Å². The largest absolute Gasteiger partial charge is 0.506 e. The quantitative estimate of drug-likeness (QED) is 0.823.